The number of sulfone groups is 1. The van der Waals surface area contributed by atoms with E-state index in [-0.39, 0.29) is 12.2 Å². The number of hydrogen-bond acceptors (Lipinski definition) is 6. The molecule has 0 aliphatic heterocycles. The number of carbonyl (C=O) groups excluding carboxylic acids is 1. The monoisotopic (exact) mass is 314 g/mol. The Kier molecular flexibility index (Phi) is 5.65. The number of nitrogens with one attached hydrogen (secondary N) is 2. The van der Waals surface area contributed by atoms with Crippen LogP contribution < -0.4 is 10.6 Å². The Balaban J connectivity index is 2.64. The zero-order valence-electron chi connectivity index (χ0n) is 12.8. The average Bonchev–Trinajstić information content (AvgIpc) is 2.42. The molecule has 0 bridgehead atoms. The van der Waals surface area contributed by atoms with Gasteiger partial charge in [-0.3, -0.25) is 4.79 Å². The van der Waals surface area contributed by atoms with Gasteiger partial charge in [-0.1, -0.05) is 6.92 Å². The standard InChI is InChI=1S/C13H22N4O3S/c1-5-8-14-11-7-6-10(16-17-11)12(18)15-9-13(2,3)21(4,19)20/h6-7H,5,8-9H2,1-4H3,(H,14,17)(H,15,18). The Morgan fingerprint density at radius 1 is 1.29 bits per heavy atom. The van der Waals surface area contributed by atoms with E-state index in [1.807, 2.05) is 6.92 Å². The topological polar surface area (TPSA) is 101 Å². The molecule has 0 spiro atoms. The van der Waals surface area contributed by atoms with E-state index < -0.39 is 20.5 Å². The van der Waals surface area contributed by atoms with E-state index in [1.165, 1.54) is 0 Å². The molecule has 0 saturated heterocycles. The Bertz CT molecular complexity index is 582. The van der Waals surface area contributed by atoms with Crippen LogP contribution in [0.4, 0.5) is 5.82 Å². The van der Waals surface area contributed by atoms with Crippen molar-refractivity contribution in [1.82, 2.24) is 15.5 Å². The van der Waals surface area contributed by atoms with Crippen molar-refractivity contribution in [3.8, 4) is 0 Å². The van der Waals surface area contributed by atoms with Gasteiger partial charge >= 0.3 is 0 Å². The highest BCUT2D eigenvalue weighted by molar-refractivity contribution is 7.92. The minimum atomic E-state index is -3.26. The Morgan fingerprint density at radius 3 is 2.43 bits per heavy atom. The van der Waals surface area contributed by atoms with Gasteiger partial charge in [0.2, 0.25) is 0 Å². The van der Waals surface area contributed by atoms with Crippen LogP contribution in [0.25, 0.3) is 0 Å². The summed E-state index contributed by atoms with van der Waals surface area (Å²) in [4.78, 5) is 11.9. The molecule has 0 atom stereocenters. The predicted molar refractivity (Wildman–Crippen MR) is 82.1 cm³/mol. The zero-order valence-corrected chi connectivity index (χ0v) is 13.6. The zero-order chi connectivity index (χ0) is 16.1. The summed E-state index contributed by atoms with van der Waals surface area (Å²) in [5, 5.41) is 13.3. The fourth-order valence-corrected chi connectivity index (χ4v) is 1.65. The third kappa shape index (κ3) is 4.96. The van der Waals surface area contributed by atoms with Gasteiger partial charge in [0.25, 0.3) is 5.91 Å². The largest absolute Gasteiger partial charge is 0.369 e. The summed E-state index contributed by atoms with van der Waals surface area (Å²) in [5.74, 6) is 0.158. The minimum Gasteiger partial charge on any atom is -0.369 e. The van der Waals surface area contributed by atoms with Gasteiger partial charge in [0, 0.05) is 19.3 Å². The lowest BCUT2D eigenvalue weighted by Gasteiger charge is -2.22. The van der Waals surface area contributed by atoms with Gasteiger partial charge in [-0.25, -0.2) is 8.42 Å². The van der Waals surface area contributed by atoms with E-state index in [0.717, 1.165) is 19.2 Å². The molecule has 0 fully saturated rings. The number of nitrogens with zero attached hydrogens (tertiary/aromatic N) is 2. The van der Waals surface area contributed by atoms with Crippen LogP contribution in [0.5, 0.6) is 0 Å². The van der Waals surface area contributed by atoms with Crippen LogP contribution in [0, 0.1) is 0 Å². The summed E-state index contributed by atoms with van der Waals surface area (Å²) in [5.41, 5.74) is 0.154. The van der Waals surface area contributed by atoms with Gasteiger partial charge in [-0.2, -0.15) is 0 Å². The molecule has 0 saturated carbocycles. The SMILES string of the molecule is CCCNc1ccc(C(=O)NCC(C)(C)S(C)(=O)=O)nn1. The molecule has 0 aliphatic rings. The quantitative estimate of drug-likeness (QED) is 0.774. The first-order valence-electron chi connectivity index (χ1n) is 6.73. The van der Waals surface area contributed by atoms with Crippen molar-refractivity contribution >= 4 is 21.6 Å². The van der Waals surface area contributed by atoms with Crippen LogP contribution in [-0.2, 0) is 9.84 Å². The highest BCUT2D eigenvalue weighted by atomic mass is 32.2. The lowest BCUT2D eigenvalue weighted by molar-refractivity contribution is 0.0944. The van der Waals surface area contributed by atoms with Crippen LogP contribution in [0.2, 0.25) is 0 Å². The maximum Gasteiger partial charge on any atom is 0.271 e. The van der Waals surface area contributed by atoms with Crippen LogP contribution in [0.3, 0.4) is 0 Å². The number of rotatable bonds is 7. The van der Waals surface area contributed by atoms with Gasteiger partial charge in [-0.05, 0) is 32.4 Å². The van der Waals surface area contributed by atoms with Crippen LogP contribution in [-0.4, -0.2) is 48.6 Å². The molecule has 0 radical (unpaired) electrons. The second-order valence-corrected chi connectivity index (χ2v) is 8.09. The average molecular weight is 314 g/mol. The molecule has 0 aromatic carbocycles. The van der Waals surface area contributed by atoms with Crippen molar-refractivity contribution in [2.45, 2.75) is 31.9 Å². The number of aromatic nitrogens is 2. The van der Waals surface area contributed by atoms with Crippen LogP contribution in [0.15, 0.2) is 12.1 Å². The Hall–Kier alpha value is -1.70. The predicted octanol–water partition coefficient (Wildman–Crippen LogP) is 0.851. The van der Waals surface area contributed by atoms with Crippen LogP contribution in [0.1, 0.15) is 37.7 Å². The molecule has 0 aliphatic carbocycles. The van der Waals surface area contributed by atoms with Crippen molar-refractivity contribution in [1.29, 1.82) is 0 Å². The summed E-state index contributed by atoms with van der Waals surface area (Å²) in [7, 11) is -3.26. The molecular formula is C13H22N4O3S. The molecule has 0 unspecified atom stereocenters. The van der Waals surface area contributed by atoms with Gasteiger partial charge in [0.05, 0.1) is 4.75 Å². The van der Waals surface area contributed by atoms with E-state index in [0.29, 0.717) is 5.82 Å². The molecule has 1 aromatic heterocycles. The van der Waals surface area contributed by atoms with Crippen molar-refractivity contribution < 1.29 is 13.2 Å². The lowest BCUT2D eigenvalue weighted by Crippen LogP contribution is -2.44. The number of amides is 1. The second-order valence-electron chi connectivity index (χ2n) is 5.45. The highest BCUT2D eigenvalue weighted by Crippen LogP contribution is 2.13. The molecule has 21 heavy (non-hydrogen) atoms. The minimum absolute atomic E-state index is 0.0161. The Morgan fingerprint density at radius 2 is 1.95 bits per heavy atom. The number of anilines is 1. The summed E-state index contributed by atoms with van der Waals surface area (Å²) >= 11 is 0. The number of carbonyl (C=O) groups is 1. The third-order valence-corrected chi connectivity index (χ3v) is 5.28. The molecule has 2 N–H and O–H groups in total. The normalized spacial score (nSPS) is 12.0. The van der Waals surface area contributed by atoms with E-state index in [9.17, 15) is 13.2 Å². The first-order chi connectivity index (χ1) is 9.67. The van der Waals surface area contributed by atoms with E-state index in [4.69, 9.17) is 0 Å². The summed E-state index contributed by atoms with van der Waals surface area (Å²) in [6.45, 7) is 5.95. The molecule has 1 rings (SSSR count). The van der Waals surface area contributed by atoms with Crippen LogP contribution >= 0.6 is 0 Å². The van der Waals surface area contributed by atoms with Gasteiger partial charge in [0.1, 0.15) is 5.82 Å². The van der Waals surface area contributed by atoms with Gasteiger partial charge in [0.15, 0.2) is 15.5 Å². The fourth-order valence-electron chi connectivity index (χ4n) is 1.32. The first-order valence-corrected chi connectivity index (χ1v) is 8.62. The number of hydrogen-bond donors (Lipinski definition) is 2. The van der Waals surface area contributed by atoms with Crippen molar-refractivity contribution in [2.75, 3.05) is 24.7 Å². The van der Waals surface area contributed by atoms with E-state index in [1.54, 1.807) is 26.0 Å². The molecule has 1 amide bonds. The molecule has 8 heteroatoms. The maximum absolute atomic E-state index is 11.9. The van der Waals surface area contributed by atoms with Crippen molar-refractivity contribution in [3.05, 3.63) is 17.8 Å². The fraction of sp³-hybridized carbons (Fsp3) is 0.615. The summed E-state index contributed by atoms with van der Waals surface area (Å²) in [6, 6.07) is 3.22. The first kappa shape index (κ1) is 17.4. The third-order valence-electron chi connectivity index (χ3n) is 3.13. The smallest absolute Gasteiger partial charge is 0.271 e. The summed E-state index contributed by atoms with van der Waals surface area (Å²) in [6.07, 6.45) is 2.11. The Labute approximate surface area is 125 Å². The van der Waals surface area contributed by atoms with Gasteiger partial charge in [-0.15, -0.1) is 10.2 Å². The van der Waals surface area contributed by atoms with Crippen molar-refractivity contribution in [3.63, 3.8) is 0 Å². The molecule has 7 nitrogen and oxygen atoms in total. The summed E-state index contributed by atoms with van der Waals surface area (Å²) < 4.78 is 22.1. The van der Waals surface area contributed by atoms with E-state index >= 15 is 0 Å². The lowest BCUT2D eigenvalue weighted by atomic mass is 10.2. The molecule has 1 aromatic rings. The van der Waals surface area contributed by atoms with Gasteiger partial charge < -0.3 is 10.6 Å². The molecular weight excluding hydrogens is 292 g/mol. The highest BCUT2D eigenvalue weighted by Gasteiger charge is 2.30. The maximum atomic E-state index is 11.9. The van der Waals surface area contributed by atoms with E-state index in [2.05, 4.69) is 20.8 Å². The molecule has 118 valence electrons. The molecule has 1 heterocycles. The van der Waals surface area contributed by atoms with Crippen molar-refractivity contribution in [2.24, 2.45) is 0 Å². The second kappa shape index (κ2) is 6.84.